The summed E-state index contributed by atoms with van der Waals surface area (Å²) in [6, 6.07) is 5.01. The van der Waals surface area contributed by atoms with Crippen LogP contribution in [0.25, 0.3) is 0 Å². The molecule has 104 valence electrons. The first kappa shape index (κ1) is 13.6. The Balaban J connectivity index is 2.14. The van der Waals surface area contributed by atoms with Crippen molar-refractivity contribution in [3.63, 3.8) is 0 Å². The minimum absolute atomic E-state index is 0.197. The zero-order valence-corrected chi connectivity index (χ0v) is 10.9. The van der Waals surface area contributed by atoms with Crippen LogP contribution in [0.4, 0.5) is 11.4 Å². The molecule has 2 rings (SSSR count). The molecule has 0 aromatic heterocycles. The number of hydrogen-bond acceptors (Lipinski definition) is 5. The Morgan fingerprint density at radius 3 is 3.00 bits per heavy atom. The smallest absolute Gasteiger partial charge is 0.253 e. The highest BCUT2D eigenvalue weighted by molar-refractivity contribution is 6.00. The molecule has 0 radical (unpaired) electrons. The number of carbonyl (C=O) groups is 1. The van der Waals surface area contributed by atoms with Crippen molar-refractivity contribution in [2.75, 3.05) is 37.9 Å². The van der Waals surface area contributed by atoms with E-state index in [1.165, 1.54) is 0 Å². The Bertz CT molecular complexity index is 470. The van der Waals surface area contributed by atoms with E-state index < -0.39 is 5.60 Å². The molecule has 1 heterocycles. The van der Waals surface area contributed by atoms with Gasteiger partial charge in [0.05, 0.1) is 12.2 Å². The maximum absolute atomic E-state index is 11.7. The molecule has 19 heavy (non-hydrogen) atoms. The normalized spacial score (nSPS) is 22.2. The van der Waals surface area contributed by atoms with E-state index in [-0.39, 0.29) is 5.91 Å². The monoisotopic (exact) mass is 265 g/mol. The molecule has 1 fully saturated rings. The lowest BCUT2D eigenvalue weighted by Gasteiger charge is -2.22. The zero-order valence-electron chi connectivity index (χ0n) is 10.9. The van der Waals surface area contributed by atoms with Crippen LogP contribution in [0.1, 0.15) is 16.8 Å². The lowest BCUT2D eigenvalue weighted by Crippen LogP contribution is -2.37. The van der Waals surface area contributed by atoms with Crippen LogP contribution in [-0.2, 0) is 4.74 Å². The molecule has 0 aliphatic carbocycles. The average Bonchev–Trinajstić information content (AvgIpc) is 2.83. The highest BCUT2D eigenvalue weighted by Gasteiger charge is 2.32. The first-order valence-corrected chi connectivity index (χ1v) is 6.20. The van der Waals surface area contributed by atoms with Crippen LogP contribution in [0.5, 0.6) is 0 Å². The number of carbonyl (C=O) groups excluding carboxylic acids is 1. The second kappa shape index (κ2) is 5.46. The number of amides is 1. The van der Waals surface area contributed by atoms with E-state index in [1.54, 1.807) is 25.2 Å². The highest BCUT2D eigenvalue weighted by Crippen LogP contribution is 2.23. The fraction of sp³-hybridized carbons (Fsp3) is 0.462. The van der Waals surface area contributed by atoms with Gasteiger partial charge in [-0.15, -0.1) is 0 Å². The summed E-state index contributed by atoms with van der Waals surface area (Å²) in [5.41, 5.74) is 6.51. The van der Waals surface area contributed by atoms with Gasteiger partial charge in [0.25, 0.3) is 5.91 Å². The molecule has 0 bridgehead atoms. The van der Waals surface area contributed by atoms with E-state index in [2.05, 4.69) is 10.6 Å². The van der Waals surface area contributed by atoms with Crippen molar-refractivity contribution in [2.24, 2.45) is 0 Å². The molecule has 1 aliphatic heterocycles. The predicted molar refractivity (Wildman–Crippen MR) is 73.1 cm³/mol. The summed E-state index contributed by atoms with van der Waals surface area (Å²) >= 11 is 0. The van der Waals surface area contributed by atoms with E-state index in [0.29, 0.717) is 43.1 Å². The Labute approximate surface area is 111 Å². The third-order valence-electron chi connectivity index (χ3n) is 3.21. The van der Waals surface area contributed by atoms with E-state index in [0.717, 1.165) is 0 Å². The maximum atomic E-state index is 11.7. The Hall–Kier alpha value is -1.79. The summed E-state index contributed by atoms with van der Waals surface area (Å²) in [7, 11) is 1.57. The van der Waals surface area contributed by atoms with Gasteiger partial charge in [-0.25, -0.2) is 0 Å². The SMILES string of the molecule is CNC(=O)c1ccc(N)cc1NCC1(O)CCOC1. The number of rotatable bonds is 4. The Kier molecular flexibility index (Phi) is 3.92. The van der Waals surface area contributed by atoms with Gasteiger partial charge in [0.1, 0.15) is 5.60 Å². The van der Waals surface area contributed by atoms with Crippen LogP contribution in [-0.4, -0.2) is 43.4 Å². The minimum Gasteiger partial charge on any atom is -0.399 e. The molecule has 0 spiro atoms. The van der Waals surface area contributed by atoms with Crippen molar-refractivity contribution >= 4 is 17.3 Å². The van der Waals surface area contributed by atoms with Crippen molar-refractivity contribution in [3.8, 4) is 0 Å². The van der Waals surface area contributed by atoms with E-state index >= 15 is 0 Å². The molecule has 1 amide bonds. The molecule has 1 aliphatic rings. The van der Waals surface area contributed by atoms with E-state index in [4.69, 9.17) is 10.5 Å². The van der Waals surface area contributed by atoms with Crippen molar-refractivity contribution in [3.05, 3.63) is 23.8 Å². The van der Waals surface area contributed by atoms with Crippen molar-refractivity contribution < 1.29 is 14.6 Å². The molecule has 6 heteroatoms. The summed E-state index contributed by atoms with van der Waals surface area (Å²) in [6.45, 7) is 1.18. The van der Waals surface area contributed by atoms with Gasteiger partial charge in [-0.2, -0.15) is 0 Å². The number of nitrogen functional groups attached to an aromatic ring is 1. The molecule has 1 aromatic rings. The average molecular weight is 265 g/mol. The van der Waals surface area contributed by atoms with Gasteiger partial charge in [-0.1, -0.05) is 0 Å². The van der Waals surface area contributed by atoms with Gasteiger partial charge in [-0.3, -0.25) is 4.79 Å². The van der Waals surface area contributed by atoms with Crippen molar-refractivity contribution in [1.82, 2.24) is 5.32 Å². The van der Waals surface area contributed by atoms with Gasteiger partial charge in [-0.05, 0) is 18.2 Å². The molecule has 1 aromatic carbocycles. The predicted octanol–water partition coefficient (Wildman–Crippen LogP) is 0.192. The maximum Gasteiger partial charge on any atom is 0.253 e. The van der Waals surface area contributed by atoms with Crippen LogP contribution in [0.15, 0.2) is 18.2 Å². The van der Waals surface area contributed by atoms with Crippen molar-refractivity contribution in [1.29, 1.82) is 0 Å². The number of hydrogen-bond donors (Lipinski definition) is 4. The van der Waals surface area contributed by atoms with Gasteiger partial charge < -0.3 is 26.2 Å². The van der Waals surface area contributed by atoms with E-state index in [9.17, 15) is 9.90 Å². The van der Waals surface area contributed by atoms with Gasteiger partial charge >= 0.3 is 0 Å². The zero-order chi connectivity index (χ0) is 13.9. The molecule has 0 saturated carbocycles. The molecular weight excluding hydrogens is 246 g/mol. The summed E-state index contributed by atoms with van der Waals surface area (Å²) in [4.78, 5) is 11.7. The molecule has 1 saturated heterocycles. The topological polar surface area (TPSA) is 96.6 Å². The lowest BCUT2D eigenvalue weighted by atomic mass is 10.0. The van der Waals surface area contributed by atoms with Gasteiger partial charge in [0.15, 0.2) is 0 Å². The van der Waals surface area contributed by atoms with Gasteiger partial charge in [0.2, 0.25) is 0 Å². The summed E-state index contributed by atoms with van der Waals surface area (Å²) in [6.07, 6.45) is 0.581. The summed E-state index contributed by atoms with van der Waals surface area (Å²) in [5.74, 6) is -0.197. The summed E-state index contributed by atoms with van der Waals surface area (Å²) < 4.78 is 5.18. The van der Waals surface area contributed by atoms with Crippen LogP contribution in [0.2, 0.25) is 0 Å². The molecule has 5 N–H and O–H groups in total. The first-order chi connectivity index (χ1) is 9.04. The minimum atomic E-state index is -0.884. The largest absolute Gasteiger partial charge is 0.399 e. The number of nitrogens with one attached hydrogen (secondary N) is 2. The Morgan fingerprint density at radius 2 is 2.37 bits per heavy atom. The second-order valence-corrected chi connectivity index (χ2v) is 4.76. The Morgan fingerprint density at radius 1 is 1.58 bits per heavy atom. The molecule has 1 atom stereocenters. The molecular formula is C13H19N3O3. The third-order valence-corrected chi connectivity index (χ3v) is 3.21. The molecule has 6 nitrogen and oxygen atoms in total. The van der Waals surface area contributed by atoms with Crippen LogP contribution in [0.3, 0.4) is 0 Å². The second-order valence-electron chi connectivity index (χ2n) is 4.76. The highest BCUT2D eigenvalue weighted by atomic mass is 16.5. The number of nitrogens with two attached hydrogens (primary N) is 1. The fourth-order valence-corrected chi connectivity index (χ4v) is 2.04. The van der Waals surface area contributed by atoms with E-state index in [1.807, 2.05) is 0 Å². The first-order valence-electron chi connectivity index (χ1n) is 6.20. The quantitative estimate of drug-likeness (QED) is 0.583. The number of ether oxygens (including phenoxy) is 1. The van der Waals surface area contributed by atoms with Crippen molar-refractivity contribution in [2.45, 2.75) is 12.0 Å². The molecule has 1 unspecified atom stereocenters. The summed E-state index contributed by atoms with van der Waals surface area (Å²) in [5, 5.41) is 15.8. The fourth-order valence-electron chi connectivity index (χ4n) is 2.04. The number of anilines is 2. The van der Waals surface area contributed by atoms with Gasteiger partial charge in [0, 0.05) is 38.0 Å². The third kappa shape index (κ3) is 3.15. The van der Waals surface area contributed by atoms with Crippen LogP contribution in [0, 0.1) is 0 Å². The number of benzene rings is 1. The number of aliphatic hydroxyl groups is 1. The standard InChI is InChI=1S/C13H19N3O3/c1-15-12(17)10-3-2-9(14)6-11(10)16-7-13(18)4-5-19-8-13/h2-3,6,16,18H,4-5,7-8,14H2,1H3,(H,15,17). The van der Waals surface area contributed by atoms with Crippen LogP contribution < -0.4 is 16.4 Å². The lowest BCUT2D eigenvalue weighted by molar-refractivity contribution is 0.0381. The van der Waals surface area contributed by atoms with Crippen LogP contribution >= 0.6 is 0 Å².